The zero-order chi connectivity index (χ0) is 18.5. The molecule has 0 saturated carbocycles. The van der Waals surface area contributed by atoms with Crippen LogP contribution in [0.4, 0.5) is 11.5 Å². The fourth-order valence-electron chi connectivity index (χ4n) is 3.50. The monoisotopic (exact) mass is 357 g/mol. The average molecular weight is 357 g/mol. The van der Waals surface area contributed by atoms with Crippen LogP contribution >= 0.6 is 0 Å². The normalized spacial score (nSPS) is 12.7. The molecular formula is C23H23N3O. The number of aromatic nitrogens is 1. The molecular weight excluding hydrogens is 334 g/mol. The number of hydrogen-bond acceptors (Lipinski definition) is 3. The highest BCUT2D eigenvalue weighted by Crippen LogP contribution is 2.32. The van der Waals surface area contributed by atoms with Crippen molar-refractivity contribution in [3.63, 3.8) is 0 Å². The number of nitrogens with one attached hydrogen (secondary N) is 1. The molecule has 2 heterocycles. The van der Waals surface area contributed by atoms with Crippen LogP contribution in [0, 0.1) is 0 Å². The van der Waals surface area contributed by atoms with Crippen molar-refractivity contribution in [3.05, 3.63) is 89.6 Å². The molecule has 3 aromatic rings. The van der Waals surface area contributed by atoms with Gasteiger partial charge in [0.05, 0.1) is 5.56 Å². The Morgan fingerprint density at radius 3 is 2.63 bits per heavy atom. The molecule has 4 nitrogen and oxygen atoms in total. The van der Waals surface area contributed by atoms with E-state index in [0.29, 0.717) is 12.1 Å². The van der Waals surface area contributed by atoms with Crippen LogP contribution < -0.4 is 10.2 Å². The Hall–Kier alpha value is -3.14. The van der Waals surface area contributed by atoms with Crippen molar-refractivity contribution in [1.82, 2.24) is 10.3 Å². The van der Waals surface area contributed by atoms with E-state index < -0.39 is 0 Å². The van der Waals surface area contributed by atoms with Gasteiger partial charge in [-0.2, -0.15) is 0 Å². The van der Waals surface area contributed by atoms with Gasteiger partial charge in [-0.05, 0) is 48.6 Å². The third-order valence-corrected chi connectivity index (χ3v) is 4.94. The first kappa shape index (κ1) is 17.3. The Morgan fingerprint density at radius 2 is 1.81 bits per heavy atom. The van der Waals surface area contributed by atoms with Crippen LogP contribution in [0.1, 0.15) is 27.9 Å². The van der Waals surface area contributed by atoms with Crippen LogP contribution in [0.2, 0.25) is 0 Å². The summed E-state index contributed by atoms with van der Waals surface area (Å²) in [4.78, 5) is 19.0. The van der Waals surface area contributed by atoms with Crippen molar-refractivity contribution in [2.45, 2.75) is 19.3 Å². The number of rotatable bonds is 6. The number of hydrogen-bond donors (Lipinski definition) is 1. The zero-order valence-corrected chi connectivity index (χ0v) is 15.3. The first-order valence-corrected chi connectivity index (χ1v) is 9.45. The maximum absolute atomic E-state index is 12.3. The quantitative estimate of drug-likeness (QED) is 0.675. The van der Waals surface area contributed by atoms with E-state index in [9.17, 15) is 4.79 Å². The number of aryl methyl sites for hydroxylation is 1. The Morgan fingerprint density at radius 1 is 1.00 bits per heavy atom. The van der Waals surface area contributed by atoms with Crippen LogP contribution in [0.3, 0.4) is 0 Å². The van der Waals surface area contributed by atoms with Gasteiger partial charge in [-0.15, -0.1) is 0 Å². The predicted molar refractivity (Wildman–Crippen MR) is 108 cm³/mol. The highest BCUT2D eigenvalue weighted by molar-refractivity contribution is 5.94. The van der Waals surface area contributed by atoms with Gasteiger partial charge in [-0.3, -0.25) is 4.79 Å². The van der Waals surface area contributed by atoms with Crippen LogP contribution in [-0.4, -0.2) is 24.0 Å². The Bertz CT molecular complexity index is 906. The number of nitrogens with zero attached hydrogens (tertiary/aromatic N) is 2. The highest BCUT2D eigenvalue weighted by Gasteiger charge is 2.20. The minimum absolute atomic E-state index is 0.0658. The number of anilines is 2. The smallest absolute Gasteiger partial charge is 0.252 e. The van der Waals surface area contributed by atoms with Crippen molar-refractivity contribution in [1.29, 1.82) is 0 Å². The molecule has 4 rings (SSSR count). The molecule has 1 aliphatic rings. The standard InChI is InChI=1S/C23H23N3O/c27-23(24-15-6-9-18-7-2-1-3-8-18)20-12-13-22(25-17-20)26-16-14-19-10-4-5-11-21(19)26/h1-5,7-8,10-13,17H,6,9,14-16H2,(H,24,27). The van der Waals surface area contributed by atoms with Gasteiger partial charge in [0.1, 0.15) is 5.82 Å². The van der Waals surface area contributed by atoms with Crippen molar-refractivity contribution >= 4 is 17.4 Å². The Labute approximate surface area is 159 Å². The number of carbonyl (C=O) groups excluding carboxylic acids is 1. The summed E-state index contributed by atoms with van der Waals surface area (Å²) < 4.78 is 0. The molecule has 1 N–H and O–H groups in total. The number of carbonyl (C=O) groups is 1. The van der Waals surface area contributed by atoms with E-state index in [-0.39, 0.29) is 5.91 Å². The Balaban J connectivity index is 1.32. The summed E-state index contributed by atoms with van der Waals surface area (Å²) in [5.41, 5.74) is 4.46. The molecule has 0 bridgehead atoms. The van der Waals surface area contributed by atoms with Gasteiger partial charge in [0.25, 0.3) is 5.91 Å². The van der Waals surface area contributed by atoms with Gasteiger partial charge in [0.15, 0.2) is 0 Å². The molecule has 0 radical (unpaired) electrons. The van der Waals surface area contributed by atoms with Gasteiger partial charge in [0.2, 0.25) is 0 Å². The predicted octanol–water partition coefficient (Wildman–Crippen LogP) is 4.14. The lowest BCUT2D eigenvalue weighted by Crippen LogP contribution is -2.25. The molecule has 1 aliphatic heterocycles. The molecule has 136 valence electrons. The lowest BCUT2D eigenvalue weighted by Gasteiger charge is -2.18. The van der Waals surface area contributed by atoms with Crippen molar-refractivity contribution in [3.8, 4) is 0 Å². The van der Waals surface area contributed by atoms with Crippen LogP contribution in [0.25, 0.3) is 0 Å². The third-order valence-electron chi connectivity index (χ3n) is 4.94. The number of para-hydroxylation sites is 1. The molecule has 0 spiro atoms. The van der Waals surface area contributed by atoms with Crippen LogP contribution in [0.15, 0.2) is 72.9 Å². The second-order valence-electron chi connectivity index (χ2n) is 6.78. The topological polar surface area (TPSA) is 45.2 Å². The zero-order valence-electron chi connectivity index (χ0n) is 15.3. The van der Waals surface area contributed by atoms with E-state index >= 15 is 0 Å². The molecule has 2 aromatic carbocycles. The molecule has 0 fully saturated rings. The molecule has 1 aromatic heterocycles. The fourth-order valence-corrected chi connectivity index (χ4v) is 3.50. The van der Waals surface area contributed by atoms with Crippen molar-refractivity contribution in [2.24, 2.45) is 0 Å². The molecule has 0 aliphatic carbocycles. The third kappa shape index (κ3) is 4.00. The van der Waals surface area contributed by atoms with E-state index in [0.717, 1.165) is 31.6 Å². The van der Waals surface area contributed by atoms with Crippen LogP contribution in [0.5, 0.6) is 0 Å². The number of benzene rings is 2. The first-order valence-electron chi connectivity index (χ1n) is 9.45. The van der Waals surface area contributed by atoms with E-state index in [2.05, 4.69) is 51.6 Å². The van der Waals surface area contributed by atoms with Crippen molar-refractivity contribution in [2.75, 3.05) is 18.0 Å². The van der Waals surface area contributed by atoms with Gasteiger partial charge in [-0.1, -0.05) is 48.5 Å². The first-order chi connectivity index (χ1) is 13.3. The number of amides is 1. The minimum atomic E-state index is -0.0658. The molecule has 4 heteroatoms. The summed E-state index contributed by atoms with van der Waals surface area (Å²) in [5, 5.41) is 2.98. The lowest BCUT2D eigenvalue weighted by atomic mass is 10.1. The number of fused-ring (bicyclic) bond motifs is 1. The summed E-state index contributed by atoms with van der Waals surface area (Å²) in [5.74, 6) is 0.824. The van der Waals surface area contributed by atoms with Gasteiger partial charge in [0, 0.05) is 25.0 Å². The largest absolute Gasteiger partial charge is 0.352 e. The SMILES string of the molecule is O=C(NCCCc1ccccc1)c1ccc(N2CCc3ccccc32)nc1. The van der Waals surface area contributed by atoms with Gasteiger partial charge < -0.3 is 10.2 Å². The van der Waals surface area contributed by atoms with E-state index in [4.69, 9.17) is 0 Å². The summed E-state index contributed by atoms with van der Waals surface area (Å²) >= 11 is 0. The summed E-state index contributed by atoms with van der Waals surface area (Å²) in [6, 6.07) is 22.5. The van der Waals surface area contributed by atoms with Crippen LogP contribution in [-0.2, 0) is 12.8 Å². The molecule has 27 heavy (non-hydrogen) atoms. The second-order valence-corrected chi connectivity index (χ2v) is 6.78. The van der Waals surface area contributed by atoms with Crippen molar-refractivity contribution < 1.29 is 4.79 Å². The molecule has 0 atom stereocenters. The fraction of sp³-hybridized carbons (Fsp3) is 0.217. The van der Waals surface area contributed by atoms with E-state index in [1.807, 2.05) is 30.3 Å². The second kappa shape index (κ2) is 8.04. The molecule has 0 saturated heterocycles. The van der Waals surface area contributed by atoms with Gasteiger partial charge in [-0.25, -0.2) is 4.98 Å². The number of pyridine rings is 1. The molecule has 1 amide bonds. The lowest BCUT2D eigenvalue weighted by molar-refractivity contribution is 0.0953. The maximum atomic E-state index is 12.3. The Kier molecular flexibility index (Phi) is 5.15. The molecule has 0 unspecified atom stereocenters. The maximum Gasteiger partial charge on any atom is 0.252 e. The summed E-state index contributed by atoms with van der Waals surface area (Å²) in [7, 11) is 0. The minimum Gasteiger partial charge on any atom is -0.352 e. The highest BCUT2D eigenvalue weighted by atomic mass is 16.1. The average Bonchev–Trinajstić information content (AvgIpc) is 3.16. The summed E-state index contributed by atoms with van der Waals surface area (Å²) in [6.07, 6.45) is 4.59. The summed E-state index contributed by atoms with van der Waals surface area (Å²) in [6.45, 7) is 1.59. The van der Waals surface area contributed by atoms with E-state index in [1.54, 1.807) is 6.20 Å². The van der Waals surface area contributed by atoms with E-state index in [1.165, 1.54) is 16.8 Å². The van der Waals surface area contributed by atoms with Gasteiger partial charge >= 0.3 is 0 Å².